The molecule has 162 valence electrons. The third kappa shape index (κ3) is 5.15. The standard InChI is InChI=1S/C23H25N3O4S/c1-28-20-8-3-16(13-21(20)29-2)23-25-18(15-31-23)14-22(27)24-17-4-6-19(7-5-17)26-9-11-30-12-10-26/h3-8,13,15H,9-12,14H2,1-2H3,(H,24,27). The normalized spacial score (nSPS) is 13.7. The Hall–Kier alpha value is -3.10. The molecule has 0 bridgehead atoms. The van der Waals surface area contributed by atoms with E-state index in [4.69, 9.17) is 14.2 Å². The van der Waals surface area contributed by atoms with Gasteiger partial charge in [0, 0.05) is 35.4 Å². The summed E-state index contributed by atoms with van der Waals surface area (Å²) in [4.78, 5) is 19.4. The summed E-state index contributed by atoms with van der Waals surface area (Å²) in [5, 5.41) is 5.69. The number of hydrogen-bond acceptors (Lipinski definition) is 7. The number of carbonyl (C=O) groups excluding carboxylic acids is 1. The van der Waals surface area contributed by atoms with Gasteiger partial charge in [-0.15, -0.1) is 11.3 Å². The third-order valence-corrected chi connectivity index (χ3v) is 5.99. The fourth-order valence-corrected chi connectivity index (χ4v) is 4.25. The van der Waals surface area contributed by atoms with Crippen molar-refractivity contribution in [2.75, 3.05) is 50.7 Å². The zero-order valence-electron chi connectivity index (χ0n) is 17.6. The smallest absolute Gasteiger partial charge is 0.230 e. The summed E-state index contributed by atoms with van der Waals surface area (Å²) in [6.45, 7) is 3.27. The van der Waals surface area contributed by atoms with Crippen LogP contribution in [0.3, 0.4) is 0 Å². The Labute approximate surface area is 185 Å². The van der Waals surface area contributed by atoms with Crippen molar-refractivity contribution in [3.8, 4) is 22.1 Å². The second kappa shape index (κ2) is 9.80. The molecule has 1 aliphatic heterocycles. The number of benzene rings is 2. The number of carbonyl (C=O) groups is 1. The van der Waals surface area contributed by atoms with Crippen LogP contribution in [0.2, 0.25) is 0 Å². The molecule has 0 aliphatic carbocycles. The van der Waals surface area contributed by atoms with E-state index in [0.717, 1.165) is 53.9 Å². The van der Waals surface area contributed by atoms with Crippen LogP contribution in [0.5, 0.6) is 11.5 Å². The van der Waals surface area contributed by atoms with Gasteiger partial charge in [0.1, 0.15) is 5.01 Å². The number of amides is 1. The number of anilines is 2. The zero-order chi connectivity index (χ0) is 21.6. The summed E-state index contributed by atoms with van der Waals surface area (Å²) in [5.74, 6) is 1.22. The van der Waals surface area contributed by atoms with Crippen LogP contribution in [0.15, 0.2) is 47.8 Å². The van der Waals surface area contributed by atoms with Crippen molar-refractivity contribution in [3.05, 3.63) is 53.5 Å². The molecule has 8 heteroatoms. The van der Waals surface area contributed by atoms with E-state index in [9.17, 15) is 4.79 Å². The molecule has 1 saturated heterocycles. The largest absolute Gasteiger partial charge is 0.493 e. The summed E-state index contributed by atoms with van der Waals surface area (Å²) in [6, 6.07) is 13.6. The molecule has 1 N–H and O–H groups in total. The minimum absolute atomic E-state index is 0.0942. The average molecular weight is 440 g/mol. The highest BCUT2D eigenvalue weighted by molar-refractivity contribution is 7.13. The van der Waals surface area contributed by atoms with Crippen molar-refractivity contribution in [1.29, 1.82) is 0 Å². The molecule has 4 rings (SSSR count). The van der Waals surface area contributed by atoms with Crippen LogP contribution in [0.4, 0.5) is 11.4 Å². The highest BCUT2D eigenvalue weighted by atomic mass is 32.1. The highest BCUT2D eigenvalue weighted by Gasteiger charge is 2.13. The molecule has 1 aromatic heterocycles. The molecule has 2 heterocycles. The molecule has 0 saturated carbocycles. The lowest BCUT2D eigenvalue weighted by molar-refractivity contribution is -0.115. The van der Waals surface area contributed by atoms with Crippen LogP contribution in [0.25, 0.3) is 10.6 Å². The number of hydrogen-bond donors (Lipinski definition) is 1. The Morgan fingerprint density at radius 2 is 1.84 bits per heavy atom. The lowest BCUT2D eigenvalue weighted by Gasteiger charge is -2.28. The average Bonchev–Trinajstić information content (AvgIpc) is 3.28. The second-order valence-electron chi connectivity index (χ2n) is 7.09. The number of morpholine rings is 1. The van der Waals surface area contributed by atoms with E-state index in [1.54, 1.807) is 14.2 Å². The molecule has 1 aliphatic rings. The van der Waals surface area contributed by atoms with E-state index in [2.05, 4.69) is 15.2 Å². The van der Waals surface area contributed by atoms with Gasteiger partial charge in [0.2, 0.25) is 5.91 Å². The van der Waals surface area contributed by atoms with Gasteiger partial charge in [0.25, 0.3) is 0 Å². The number of methoxy groups -OCH3 is 2. The first kappa shape index (κ1) is 21.1. The van der Waals surface area contributed by atoms with Crippen LogP contribution >= 0.6 is 11.3 Å². The predicted octanol–water partition coefficient (Wildman–Crippen LogP) is 3.85. The lowest BCUT2D eigenvalue weighted by atomic mass is 10.2. The van der Waals surface area contributed by atoms with Crippen LogP contribution in [0, 0.1) is 0 Å². The summed E-state index contributed by atoms with van der Waals surface area (Å²) in [5.41, 5.74) is 3.57. The van der Waals surface area contributed by atoms with Crippen molar-refractivity contribution in [2.24, 2.45) is 0 Å². The molecule has 1 fully saturated rings. The Morgan fingerprint density at radius 1 is 1.10 bits per heavy atom. The summed E-state index contributed by atoms with van der Waals surface area (Å²) >= 11 is 1.50. The molecule has 3 aromatic rings. The van der Waals surface area contributed by atoms with Crippen molar-refractivity contribution in [3.63, 3.8) is 0 Å². The molecule has 0 spiro atoms. The molecule has 0 unspecified atom stereocenters. The van der Waals surface area contributed by atoms with Crippen molar-refractivity contribution in [1.82, 2.24) is 4.98 Å². The monoisotopic (exact) mass is 439 g/mol. The number of ether oxygens (including phenoxy) is 3. The Morgan fingerprint density at radius 3 is 2.55 bits per heavy atom. The fourth-order valence-electron chi connectivity index (χ4n) is 3.44. The minimum Gasteiger partial charge on any atom is -0.493 e. The number of aromatic nitrogens is 1. The van der Waals surface area contributed by atoms with Gasteiger partial charge in [-0.3, -0.25) is 4.79 Å². The number of nitrogens with zero attached hydrogens (tertiary/aromatic N) is 2. The Bertz CT molecular complexity index is 1030. The first-order valence-electron chi connectivity index (χ1n) is 10.1. The van der Waals surface area contributed by atoms with E-state index >= 15 is 0 Å². The van der Waals surface area contributed by atoms with Crippen LogP contribution in [-0.4, -0.2) is 51.4 Å². The minimum atomic E-state index is -0.0942. The number of thiazole rings is 1. The summed E-state index contributed by atoms with van der Waals surface area (Å²) in [6.07, 6.45) is 0.217. The first-order valence-corrected chi connectivity index (χ1v) is 10.9. The number of rotatable bonds is 7. The maximum absolute atomic E-state index is 12.5. The van der Waals surface area contributed by atoms with Gasteiger partial charge in [-0.05, 0) is 42.5 Å². The highest BCUT2D eigenvalue weighted by Crippen LogP contribution is 2.33. The molecular weight excluding hydrogens is 414 g/mol. The second-order valence-corrected chi connectivity index (χ2v) is 7.94. The van der Waals surface area contributed by atoms with E-state index in [1.165, 1.54) is 11.3 Å². The lowest BCUT2D eigenvalue weighted by Crippen LogP contribution is -2.36. The van der Waals surface area contributed by atoms with Crippen molar-refractivity contribution < 1.29 is 19.0 Å². The molecule has 2 aromatic carbocycles. The summed E-state index contributed by atoms with van der Waals surface area (Å²) in [7, 11) is 3.21. The van der Waals surface area contributed by atoms with E-state index in [1.807, 2.05) is 47.8 Å². The van der Waals surface area contributed by atoms with Gasteiger partial charge in [-0.25, -0.2) is 4.98 Å². The molecule has 0 atom stereocenters. The van der Waals surface area contributed by atoms with Gasteiger partial charge in [-0.2, -0.15) is 0 Å². The Balaban J connectivity index is 1.37. The molecular formula is C23H25N3O4S. The van der Waals surface area contributed by atoms with Crippen molar-refractivity contribution >= 4 is 28.6 Å². The maximum Gasteiger partial charge on any atom is 0.230 e. The first-order chi connectivity index (χ1) is 15.2. The molecule has 31 heavy (non-hydrogen) atoms. The quantitative estimate of drug-likeness (QED) is 0.603. The van der Waals surface area contributed by atoms with Gasteiger partial charge in [0.15, 0.2) is 11.5 Å². The van der Waals surface area contributed by atoms with Gasteiger partial charge < -0.3 is 24.4 Å². The topological polar surface area (TPSA) is 72.9 Å². The Kier molecular flexibility index (Phi) is 6.69. The number of nitrogens with one attached hydrogen (secondary N) is 1. The molecule has 1 amide bonds. The van der Waals surface area contributed by atoms with Crippen LogP contribution < -0.4 is 19.7 Å². The SMILES string of the molecule is COc1ccc(-c2nc(CC(=O)Nc3ccc(N4CCOCC4)cc3)cs2)cc1OC. The van der Waals surface area contributed by atoms with E-state index < -0.39 is 0 Å². The van der Waals surface area contributed by atoms with Crippen LogP contribution in [-0.2, 0) is 16.0 Å². The fraction of sp³-hybridized carbons (Fsp3) is 0.304. The van der Waals surface area contributed by atoms with Gasteiger partial charge in [0.05, 0.1) is 39.5 Å². The zero-order valence-corrected chi connectivity index (χ0v) is 18.4. The molecule has 7 nitrogen and oxygen atoms in total. The predicted molar refractivity (Wildman–Crippen MR) is 122 cm³/mol. The third-order valence-electron chi connectivity index (χ3n) is 5.05. The van der Waals surface area contributed by atoms with Gasteiger partial charge in [-0.1, -0.05) is 0 Å². The van der Waals surface area contributed by atoms with E-state index in [-0.39, 0.29) is 12.3 Å². The van der Waals surface area contributed by atoms with Crippen molar-refractivity contribution in [2.45, 2.75) is 6.42 Å². The molecule has 0 radical (unpaired) electrons. The van der Waals surface area contributed by atoms with E-state index in [0.29, 0.717) is 11.5 Å². The maximum atomic E-state index is 12.5. The van der Waals surface area contributed by atoms with Crippen LogP contribution in [0.1, 0.15) is 5.69 Å². The summed E-state index contributed by atoms with van der Waals surface area (Å²) < 4.78 is 16.0. The van der Waals surface area contributed by atoms with Gasteiger partial charge >= 0.3 is 0 Å².